The molecule has 0 saturated carbocycles. The molecule has 0 amide bonds. The van der Waals surface area contributed by atoms with Crippen LogP contribution in [0, 0.1) is 0 Å². The summed E-state index contributed by atoms with van der Waals surface area (Å²) in [6.07, 6.45) is -11.0. The fraction of sp³-hybridized carbons (Fsp3) is 0.500. The molecule has 0 unspecified atom stereocenters. The molecule has 114 valence electrons. The van der Waals surface area contributed by atoms with Gasteiger partial charge in [-0.15, -0.1) is 0 Å². The summed E-state index contributed by atoms with van der Waals surface area (Å²) in [6, 6.07) is -0.525. The Balaban J connectivity index is 3.42. The highest BCUT2D eigenvalue weighted by molar-refractivity contribution is 5.38. The van der Waals surface area contributed by atoms with Gasteiger partial charge < -0.3 is 10.8 Å². The number of nitrogens with two attached hydrogens (primary N) is 1. The number of alkyl halides is 6. The van der Waals surface area contributed by atoms with Crippen LogP contribution in [0.4, 0.5) is 26.3 Å². The van der Waals surface area contributed by atoms with E-state index in [4.69, 9.17) is 5.73 Å². The number of aliphatic hydroxyl groups is 1. The molecule has 0 radical (unpaired) electrons. The number of hydrogen-bond donors (Lipinski definition) is 2. The SMILES string of the molecule is CC[C@H](O)[C@H](N)c1cc(C(F)(F)F)ccc1C(F)(F)F. The molecule has 1 rings (SSSR count). The minimum atomic E-state index is -4.84. The lowest BCUT2D eigenvalue weighted by Crippen LogP contribution is -2.28. The highest BCUT2D eigenvalue weighted by atomic mass is 19.4. The summed E-state index contributed by atoms with van der Waals surface area (Å²) in [6.45, 7) is 1.46. The summed E-state index contributed by atoms with van der Waals surface area (Å²) in [5.74, 6) is 0. The van der Waals surface area contributed by atoms with Crippen molar-refractivity contribution in [2.45, 2.75) is 37.8 Å². The van der Waals surface area contributed by atoms with Gasteiger partial charge in [0, 0.05) is 0 Å². The van der Waals surface area contributed by atoms with E-state index in [1.54, 1.807) is 0 Å². The second kappa shape index (κ2) is 5.61. The first kappa shape index (κ1) is 16.8. The fourth-order valence-electron chi connectivity index (χ4n) is 1.73. The third-order valence-corrected chi connectivity index (χ3v) is 2.88. The Morgan fingerprint density at radius 1 is 1.10 bits per heavy atom. The number of hydrogen-bond acceptors (Lipinski definition) is 2. The van der Waals surface area contributed by atoms with Crippen molar-refractivity contribution in [3.8, 4) is 0 Å². The van der Waals surface area contributed by atoms with Crippen molar-refractivity contribution in [2.24, 2.45) is 5.73 Å². The van der Waals surface area contributed by atoms with Crippen molar-refractivity contribution >= 4 is 0 Å². The van der Waals surface area contributed by atoms with E-state index in [2.05, 4.69) is 0 Å². The van der Waals surface area contributed by atoms with E-state index < -0.39 is 41.2 Å². The van der Waals surface area contributed by atoms with Crippen LogP contribution in [-0.4, -0.2) is 11.2 Å². The highest BCUT2D eigenvalue weighted by Gasteiger charge is 2.38. The van der Waals surface area contributed by atoms with Gasteiger partial charge in [-0.3, -0.25) is 0 Å². The average molecular weight is 301 g/mol. The Bertz CT molecular complexity index is 468. The average Bonchev–Trinajstić information content (AvgIpc) is 2.34. The van der Waals surface area contributed by atoms with Gasteiger partial charge in [-0.1, -0.05) is 6.92 Å². The molecular formula is C12H13F6NO. The van der Waals surface area contributed by atoms with Crippen LogP contribution in [0.15, 0.2) is 18.2 Å². The summed E-state index contributed by atoms with van der Waals surface area (Å²) in [4.78, 5) is 0. The van der Waals surface area contributed by atoms with Crippen LogP contribution in [0.25, 0.3) is 0 Å². The van der Waals surface area contributed by atoms with Crippen LogP contribution in [0.5, 0.6) is 0 Å². The van der Waals surface area contributed by atoms with E-state index in [9.17, 15) is 31.4 Å². The predicted octanol–water partition coefficient (Wildman–Crippen LogP) is 3.49. The van der Waals surface area contributed by atoms with Crippen LogP contribution < -0.4 is 5.73 Å². The number of halogens is 6. The van der Waals surface area contributed by atoms with E-state index in [0.29, 0.717) is 18.2 Å². The molecule has 2 nitrogen and oxygen atoms in total. The largest absolute Gasteiger partial charge is 0.416 e. The number of benzene rings is 1. The number of rotatable bonds is 3. The van der Waals surface area contributed by atoms with Crippen molar-refractivity contribution in [2.75, 3.05) is 0 Å². The summed E-state index contributed by atoms with van der Waals surface area (Å²) in [7, 11) is 0. The Hall–Kier alpha value is -1.28. The van der Waals surface area contributed by atoms with Gasteiger partial charge in [0.15, 0.2) is 0 Å². The molecule has 0 fully saturated rings. The van der Waals surface area contributed by atoms with Crippen molar-refractivity contribution in [3.05, 3.63) is 34.9 Å². The Labute approximate surface area is 111 Å². The van der Waals surface area contributed by atoms with Crippen LogP contribution in [0.3, 0.4) is 0 Å². The lowest BCUT2D eigenvalue weighted by molar-refractivity contribution is -0.142. The van der Waals surface area contributed by atoms with Gasteiger partial charge >= 0.3 is 12.4 Å². The van der Waals surface area contributed by atoms with Crippen LogP contribution in [-0.2, 0) is 12.4 Å². The summed E-state index contributed by atoms with van der Waals surface area (Å²) in [5, 5.41) is 9.49. The predicted molar refractivity (Wildman–Crippen MR) is 59.7 cm³/mol. The topological polar surface area (TPSA) is 46.2 Å². The van der Waals surface area contributed by atoms with Gasteiger partial charge in [0.25, 0.3) is 0 Å². The van der Waals surface area contributed by atoms with E-state index in [1.807, 2.05) is 0 Å². The monoisotopic (exact) mass is 301 g/mol. The second-order valence-electron chi connectivity index (χ2n) is 4.30. The third-order valence-electron chi connectivity index (χ3n) is 2.88. The molecule has 2 atom stereocenters. The van der Waals surface area contributed by atoms with Crippen molar-refractivity contribution in [1.82, 2.24) is 0 Å². The first-order valence-electron chi connectivity index (χ1n) is 5.70. The molecule has 8 heteroatoms. The van der Waals surface area contributed by atoms with Gasteiger partial charge in [-0.25, -0.2) is 0 Å². The van der Waals surface area contributed by atoms with Crippen molar-refractivity contribution in [3.63, 3.8) is 0 Å². The smallest absolute Gasteiger partial charge is 0.391 e. The van der Waals surface area contributed by atoms with Gasteiger partial charge in [-0.05, 0) is 30.2 Å². The third kappa shape index (κ3) is 3.63. The van der Waals surface area contributed by atoms with Gasteiger partial charge in [-0.2, -0.15) is 26.3 Å². The zero-order valence-electron chi connectivity index (χ0n) is 10.4. The molecule has 1 aromatic carbocycles. The van der Waals surface area contributed by atoms with Crippen LogP contribution >= 0.6 is 0 Å². The molecule has 0 spiro atoms. The van der Waals surface area contributed by atoms with Gasteiger partial charge in [0.05, 0.1) is 23.3 Å². The molecule has 0 heterocycles. The maximum atomic E-state index is 12.8. The molecule has 0 aliphatic heterocycles. The molecule has 0 aliphatic rings. The van der Waals surface area contributed by atoms with Gasteiger partial charge in [0.2, 0.25) is 0 Å². The molecule has 0 aromatic heterocycles. The van der Waals surface area contributed by atoms with E-state index in [1.165, 1.54) is 6.92 Å². The minimum Gasteiger partial charge on any atom is -0.391 e. The van der Waals surface area contributed by atoms with E-state index >= 15 is 0 Å². The Morgan fingerprint density at radius 3 is 2.05 bits per heavy atom. The Morgan fingerprint density at radius 2 is 1.65 bits per heavy atom. The van der Waals surface area contributed by atoms with E-state index in [0.717, 1.165) is 0 Å². The Kier molecular flexibility index (Phi) is 4.70. The summed E-state index contributed by atoms with van der Waals surface area (Å²) >= 11 is 0. The minimum absolute atomic E-state index is 0.0225. The molecular weight excluding hydrogens is 288 g/mol. The lowest BCUT2D eigenvalue weighted by atomic mass is 9.93. The van der Waals surface area contributed by atoms with Crippen LogP contribution in [0.2, 0.25) is 0 Å². The van der Waals surface area contributed by atoms with Gasteiger partial charge in [0.1, 0.15) is 0 Å². The maximum absolute atomic E-state index is 12.8. The quantitative estimate of drug-likeness (QED) is 0.839. The molecule has 0 bridgehead atoms. The van der Waals surface area contributed by atoms with Crippen LogP contribution in [0.1, 0.15) is 36.1 Å². The van der Waals surface area contributed by atoms with Crippen molar-refractivity contribution in [1.29, 1.82) is 0 Å². The zero-order chi connectivity index (χ0) is 15.7. The fourth-order valence-corrected chi connectivity index (χ4v) is 1.73. The zero-order valence-corrected chi connectivity index (χ0v) is 10.4. The second-order valence-corrected chi connectivity index (χ2v) is 4.30. The number of aliphatic hydroxyl groups excluding tert-OH is 1. The lowest BCUT2D eigenvalue weighted by Gasteiger charge is -2.23. The summed E-state index contributed by atoms with van der Waals surface area (Å²) in [5.41, 5.74) is 2.17. The summed E-state index contributed by atoms with van der Waals surface area (Å²) < 4.78 is 76.0. The molecule has 0 saturated heterocycles. The van der Waals surface area contributed by atoms with Crippen molar-refractivity contribution < 1.29 is 31.4 Å². The molecule has 1 aromatic rings. The highest BCUT2D eigenvalue weighted by Crippen LogP contribution is 2.38. The first-order chi connectivity index (χ1) is 8.98. The standard InChI is InChI=1S/C12H13F6NO/c1-2-9(20)10(19)7-5-6(11(13,14)15)3-4-8(7)12(16,17)18/h3-5,9-10,20H,2,19H2,1H3/t9-,10+/m0/s1. The molecule has 0 aliphatic carbocycles. The normalized spacial score (nSPS) is 16.1. The molecule has 20 heavy (non-hydrogen) atoms. The van der Waals surface area contributed by atoms with E-state index in [-0.39, 0.29) is 6.42 Å². The molecule has 3 N–H and O–H groups in total. The first-order valence-corrected chi connectivity index (χ1v) is 5.70. The maximum Gasteiger partial charge on any atom is 0.416 e.